The summed E-state index contributed by atoms with van der Waals surface area (Å²) in [4.78, 5) is 26.2. The van der Waals surface area contributed by atoms with E-state index >= 15 is 0 Å². The highest BCUT2D eigenvalue weighted by Crippen LogP contribution is 2.22. The number of aryl methyl sites for hydroxylation is 2. The van der Waals surface area contributed by atoms with E-state index in [9.17, 15) is 4.79 Å². The number of rotatable bonds is 4. The molecule has 3 heterocycles. The maximum atomic E-state index is 11.6. The largest absolute Gasteiger partial charge is 0.449 e. The number of carbonyl (C=O) groups is 1. The highest BCUT2D eigenvalue weighted by molar-refractivity contribution is 5.89. The second-order valence-corrected chi connectivity index (χ2v) is 5.38. The number of carbonyl (C=O) groups excluding carboxylic acids is 1. The van der Waals surface area contributed by atoms with Crippen LogP contribution in [-0.2, 0) is 4.74 Å². The van der Waals surface area contributed by atoms with Gasteiger partial charge in [-0.15, -0.1) is 0 Å². The van der Waals surface area contributed by atoms with E-state index in [1.54, 1.807) is 4.90 Å². The lowest BCUT2D eigenvalue weighted by Crippen LogP contribution is -2.40. The molecule has 7 heteroatoms. The zero-order valence-electron chi connectivity index (χ0n) is 12.8. The Balaban J connectivity index is 1.73. The van der Waals surface area contributed by atoms with Crippen LogP contribution in [-0.4, -0.2) is 52.2 Å². The summed E-state index contributed by atoms with van der Waals surface area (Å²) < 4.78 is 5.02. The van der Waals surface area contributed by atoms with E-state index in [1.807, 2.05) is 19.9 Å². The summed E-state index contributed by atoms with van der Waals surface area (Å²) in [7, 11) is 0. The molecule has 1 fully saturated rings. The summed E-state index contributed by atoms with van der Waals surface area (Å²) in [5.41, 5.74) is 2.71. The molecule has 0 radical (unpaired) electrons. The summed E-state index contributed by atoms with van der Waals surface area (Å²) >= 11 is 0. The number of hydrogen-bond acceptors (Lipinski definition) is 6. The van der Waals surface area contributed by atoms with Gasteiger partial charge in [0.25, 0.3) is 0 Å². The topological polar surface area (TPSA) is 80.2 Å². The second kappa shape index (κ2) is 6.13. The van der Waals surface area contributed by atoms with Gasteiger partial charge < -0.3 is 15.0 Å². The van der Waals surface area contributed by atoms with Crippen LogP contribution in [0.1, 0.15) is 17.7 Å². The van der Waals surface area contributed by atoms with Crippen LogP contribution in [0.5, 0.6) is 0 Å². The van der Waals surface area contributed by atoms with Gasteiger partial charge in [-0.05, 0) is 31.9 Å². The first-order valence-corrected chi connectivity index (χ1v) is 7.39. The Bertz CT molecular complexity index is 704. The SMILES string of the molecule is Cc1cc(C)c2c(NCCN3CCCOC3=O)ncnc2n1. The average molecular weight is 301 g/mol. The number of anilines is 1. The normalized spacial score (nSPS) is 15.0. The molecule has 0 aliphatic carbocycles. The fourth-order valence-corrected chi connectivity index (χ4v) is 2.65. The van der Waals surface area contributed by atoms with Crippen LogP contribution < -0.4 is 5.32 Å². The molecule has 1 saturated heterocycles. The standard InChI is InChI=1S/C15H19N5O2/c1-10-8-11(2)19-14-12(10)13(17-9-18-14)16-4-6-20-5-3-7-22-15(20)21/h8-9H,3-7H2,1-2H3,(H,16,17,18,19). The molecule has 1 aliphatic heterocycles. The summed E-state index contributed by atoms with van der Waals surface area (Å²) in [6.45, 7) is 6.42. The first kappa shape index (κ1) is 14.5. The van der Waals surface area contributed by atoms with Crippen LogP contribution in [0, 0.1) is 13.8 Å². The molecule has 1 amide bonds. The summed E-state index contributed by atoms with van der Waals surface area (Å²) in [5.74, 6) is 0.750. The molecule has 2 aromatic rings. The molecular weight excluding hydrogens is 282 g/mol. The number of amides is 1. The van der Waals surface area contributed by atoms with Crippen molar-refractivity contribution in [3.8, 4) is 0 Å². The van der Waals surface area contributed by atoms with Gasteiger partial charge in [0.1, 0.15) is 12.1 Å². The first-order chi connectivity index (χ1) is 10.6. The summed E-state index contributed by atoms with van der Waals surface area (Å²) in [6, 6.07) is 2.01. The van der Waals surface area contributed by atoms with Crippen LogP contribution in [0.4, 0.5) is 10.6 Å². The van der Waals surface area contributed by atoms with Crippen molar-refractivity contribution >= 4 is 22.9 Å². The lowest BCUT2D eigenvalue weighted by Gasteiger charge is -2.26. The third-order valence-electron chi connectivity index (χ3n) is 3.66. The van der Waals surface area contributed by atoms with Crippen molar-refractivity contribution in [1.82, 2.24) is 19.9 Å². The van der Waals surface area contributed by atoms with Crippen LogP contribution in [0.15, 0.2) is 12.4 Å². The lowest BCUT2D eigenvalue weighted by atomic mass is 10.1. The average Bonchev–Trinajstić information content (AvgIpc) is 2.48. The quantitative estimate of drug-likeness (QED) is 0.929. The minimum atomic E-state index is -0.242. The zero-order chi connectivity index (χ0) is 15.5. The van der Waals surface area contributed by atoms with Crippen LogP contribution in [0.25, 0.3) is 11.0 Å². The summed E-state index contributed by atoms with van der Waals surface area (Å²) in [5, 5.41) is 4.20. The second-order valence-electron chi connectivity index (χ2n) is 5.38. The van der Waals surface area contributed by atoms with Crippen LogP contribution >= 0.6 is 0 Å². The molecule has 22 heavy (non-hydrogen) atoms. The van der Waals surface area contributed by atoms with Gasteiger partial charge in [-0.3, -0.25) is 0 Å². The predicted molar refractivity (Wildman–Crippen MR) is 82.8 cm³/mol. The molecule has 0 saturated carbocycles. The van der Waals surface area contributed by atoms with Crippen molar-refractivity contribution in [1.29, 1.82) is 0 Å². The number of nitrogens with one attached hydrogen (secondary N) is 1. The minimum Gasteiger partial charge on any atom is -0.449 e. The molecule has 7 nitrogen and oxygen atoms in total. The smallest absolute Gasteiger partial charge is 0.409 e. The van der Waals surface area contributed by atoms with Gasteiger partial charge in [0, 0.05) is 25.3 Å². The van der Waals surface area contributed by atoms with Gasteiger partial charge in [0.2, 0.25) is 0 Å². The number of hydrogen-bond donors (Lipinski definition) is 1. The number of fused-ring (bicyclic) bond motifs is 1. The molecule has 0 bridgehead atoms. The Labute approximate surface area is 128 Å². The third kappa shape index (κ3) is 2.93. The molecule has 0 spiro atoms. The maximum Gasteiger partial charge on any atom is 0.409 e. The minimum absolute atomic E-state index is 0.242. The van der Waals surface area contributed by atoms with E-state index in [0.717, 1.165) is 35.4 Å². The molecule has 0 aromatic carbocycles. The molecule has 116 valence electrons. The Morgan fingerprint density at radius 2 is 2.23 bits per heavy atom. The monoisotopic (exact) mass is 301 g/mol. The lowest BCUT2D eigenvalue weighted by molar-refractivity contribution is 0.0746. The van der Waals surface area contributed by atoms with E-state index < -0.39 is 0 Å². The van der Waals surface area contributed by atoms with Gasteiger partial charge in [0.05, 0.1) is 12.0 Å². The van der Waals surface area contributed by atoms with E-state index in [2.05, 4.69) is 20.3 Å². The van der Waals surface area contributed by atoms with E-state index in [4.69, 9.17) is 4.74 Å². The van der Waals surface area contributed by atoms with Crippen molar-refractivity contribution in [3.63, 3.8) is 0 Å². The third-order valence-corrected chi connectivity index (χ3v) is 3.66. The van der Waals surface area contributed by atoms with E-state index in [-0.39, 0.29) is 6.09 Å². The van der Waals surface area contributed by atoms with E-state index in [0.29, 0.717) is 25.3 Å². The van der Waals surface area contributed by atoms with Crippen molar-refractivity contribution < 1.29 is 9.53 Å². The fourth-order valence-electron chi connectivity index (χ4n) is 2.65. The van der Waals surface area contributed by atoms with Crippen molar-refractivity contribution in [2.45, 2.75) is 20.3 Å². The Morgan fingerprint density at radius 1 is 1.36 bits per heavy atom. The molecule has 3 rings (SSSR count). The first-order valence-electron chi connectivity index (χ1n) is 7.39. The number of ether oxygens (including phenoxy) is 1. The molecule has 2 aromatic heterocycles. The van der Waals surface area contributed by atoms with Gasteiger partial charge in [-0.1, -0.05) is 0 Å². The van der Waals surface area contributed by atoms with Crippen LogP contribution in [0.3, 0.4) is 0 Å². The predicted octanol–water partition coefficient (Wildman–Crippen LogP) is 1.90. The van der Waals surface area contributed by atoms with E-state index in [1.165, 1.54) is 6.33 Å². The maximum absolute atomic E-state index is 11.6. The number of aromatic nitrogens is 3. The van der Waals surface area contributed by atoms with Crippen LogP contribution in [0.2, 0.25) is 0 Å². The number of pyridine rings is 1. The molecule has 0 atom stereocenters. The Hall–Kier alpha value is -2.44. The Morgan fingerprint density at radius 3 is 3.05 bits per heavy atom. The van der Waals surface area contributed by atoms with Gasteiger partial charge in [-0.2, -0.15) is 0 Å². The zero-order valence-corrected chi connectivity index (χ0v) is 12.8. The summed E-state index contributed by atoms with van der Waals surface area (Å²) in [6.07, 6.45) is 2.14. The molecule has 1 N–H and O–H groups in total. The van der Waals surface area contributed by atoms with Gasteiger partial charge >= 0.3 is 6.09 Å². The number of cyclic esters (lactones) is 1. The van der Waals surface area contributed by atoms with Gasteiger partial charge in [0.15, 0.2) is 5.65 Å². The van der Waals surface area contributed by atoms with Gasteiger partial charge in [-0.25, -0.2) is 19.7 Å². The van der Waals surface area contributed by atoms with Crippen molar-refractivity contribution in [2.24, 2.45) is 0 Å². The highest BCUT2D eigenvalue weighted by atomic mass is 16.6. The van der Waals surface area contributed by atoms with Crippen molar-refractivity contribution in [3.05, 3.63) is 23.7 Å². The number of nitrogens with zero attached hydrogens (tertiary/aromatic N) is 4. The molecule has 0 unspecified atom stereocenters. The highest BCUT2D eigenvalue weighted by Gasteiger charge is 2.19. The molecular formula is C15H19N5O2. The fraction of sp³-hybridized carbons (Fsp3) is 0.467. The van der Waals surface area contributed by atoms with Crippen molar-refractivity contribution in [2.75, 3.05) is 31.6 Å². The Kier molecular flexibility index (Phi) is 4.04. The molecule has 1 aliphatic rings.